The van der Waals surface area contributed by atoms with Crippen molar-refractivity contribution in [3.63, 3.8) is 0 Å². The van der Waals surface area contributed by atoms with Crippen LogP contribution in [0.5, 0.6) is 0 Å². The lowest BCUT2D eigenvalue weighted by Crippen LogP contribution is -2.49. The van der Waals surface area contributed by atoms with Crippen molar-refractivity contribution in [1.29, 1.82) is 0 Å². The Morgan fingerprint density at radius 3 is 1.43 bits per heavy atom. The molecule has 212 valence electrons. The SMILES string of the molecule is CCCCCCCCCCCCCCCCCCNCCOP(=O)([O-])OCC[N+](CC)(CC)CC. The number of hydrogen-bond donors (Lipinski definition) is 1. The second-order valence-electron chi connectivity index (χ2n) is 10.2. The molecule has 1 atom stereocenters. The fourth-order valence-electron chi connectivity index (χ4n) is 4.68. The molecule has 7 heteroatoms. The van der Waals surface area contributed by atoms with Gasteiger partial charge in [0, 0.05) is 6.54 Å². The smallest absolute Gasteiger partial charge is 0.268 e. The van der Waals surface area contributed by atoms with Gasteiger partial charge in [0.2, 0.25) is 0 Å². The Labute approximate surface area is 219 Å². The van der Waals surface area contributed by atoms with Gasteiger partial charge in [-0.3, -0.25) is 4.57 Å². The number of nitrogens with one attached hydrogen (secondary N) is 1. The highest BCUT2D eigenvalue weighted by molar-refractivity contribution is 7.45. The van der Waals surface area contributed by atoms with E-state index in [0.29, 0.717) is 13.1 Å². The third-order valence-electron chi connectivity index (χ3n) is 7.56. The van der Waals surface area contributed by atoms with Gasteiger partial charge in [0.05, 0.1) is 26.2 Å². The Hall–Kier alpha value is 0.0300. The van der Waals surface area contributed by atoms with E-state index in [9.17, 15) is 9.46 Å². The molecule has 0 spiro atoms. The summed E-state index contributed by atoms with van der Waals surface area (Å²) in [4.78, 5) is 11.9. The van der Waals surface area contributed by atoms with E-state index in [0.717, 1.165) is 37.1 Å². The van der Waals surface area contributed by atoms with Crippen LogP contribution in [0.4, 0.5) is 0 Å². The molecule has 0 aromatic carbocycles. The summed E-state index contributed by atoms with van der Waals surface area (Å²) in [5.74, 6) is 0. The molecule has 0 rings (SSSR count). The molecule has 0 aromatic rings. The van der Waals surface area contributed by atoms with Crippen molar-refractivity contribution >= 4 is 7.82 Å². The van der Waals surface area contributed by atoms with E-state index in [2.05, 4.69) is 33.0 Å². The minimum atomic E-state index is -4.20. The predicted octanol–water partition coefficient (Wildman–Crippen LogP) is 7.22. The highest BCUT2D eigenvalue weighted by Crippen LogP contribution is 2.37. The van der Waals surface area contributed by atoms with Crippen LogP contribution in [0, 0.1) is 0 Å². The minimum absolute atomic E-state index is 0.134. The van der Waals surface area contributed by atoms with Crippen LogP contribution in [-0.4, -0.2) is 57.0 Å². The molecule has 1 unspecified atom stereocenters. The average Bonchev–Trinajstić information content (AvgIpc) is 2.85. The topological polar surface area (TPSA) is 70.6 Å². The number of phosphoric acid groups is 1. The van der Waals surface area contributed by atoms with Gasteiger partial charge in [-0.2, -0.15) is 0 Å². The monoisotopic (exact) mass is 520 g/mol. The van der Waals surface area contributed by atoms with Gasteiger partial charge in [0.15, 0.2) is 0 Å². The Kier molecular flexibility index (Phi) is 24.4. The Morgan fingerprint density at radius 1 is 0.600 bits per heavy atom. The lowest BCUT2D eigenvalue weighted by atomic mass is 10.0. The molecule has 35 heavy (non-hydrogen) atoms. The maximum absolute atomic E-state index is 11.9. The van der Waals surface area contributed by atoms with E-state index in [1.807, 2.05) is 0 Å². The van der Waals surface area contributed by atoms with E-state index >= 15 is 0 Å². The standard InChI is InChI=1S/C28H61N2O4P/c1-5-9-10-11-12-13-14-15-16-17-18-19-20-21-22-23-24-29-25-27-33-35(31,32)34-28-26-30(6-2,7-3)8-4/h29H,5-28H2,1-4H3. The maximum Gasteiger partial charge on any atom is 0.268 e. The Balaban J connectivity index is 3.39. The minimum Gasteiger partial charge on any atom is -0.756 e. The van der Waals surface area contributed by atoms with Crippen LogP contribution in [-0.2, 0) is 13.6 Å². The first-order valence-corrected chi connectivity index (χ1v) is 16.6. The van der Waals surface area contributed by atoms with Gasteiger partial charge < -0.3 is 23.7 Å². The molecule has 6 nitrogen and oxygen atoms in total. The van der Waals surface area contributed by atoms with E-state index in [1.165, 1.54) is 96.3 Å². The van der Waals surface area contributed by atoms with Crippen LogP contribution in [0.3, 0.4) is 0 Å². The normalized spacial score (nSPS) is 13.9. The van der Waals surface area contributed by atoms with E-state index in [-0.39, 0.29) is 13.2 Å². The molecule has 0 saturated carbocycles. The molecule has 0 radical (unpaired) electrons. The van der Waals surface area contributed by atoms with Crippen LogP contribution >= 0.6 is 7.82 Å². The molecule has 0 fully saturated rings. The average molecular weight is 521 g/mol. The first kappa shape index (κ1) is 35.0. The van der Waals surface area contributed by atoms with Crippen LogP contribution in [0.15, 0.2) is 0 Å². The first-order valence-electron chi connectivity index (χ1n) is 15.1. The Morgan fingerprint density at radius 2 is 1.00 bits per heavy atom. The van der Waals surface area contributed by atoms with Crippen LogP contribution in [0.2, 0.25) is 0 Å². The second-order valence-corrected chi connectivity index (χ2v) is 11.6. The molecule has 0 heterocycles. The quantitative estimate of drug-likeness (QED) is 0.0670. The lowest BCUT2D eigenvalue weighted by Gasteiger charge is -2.36. The number of rotatable bonds is 28. The van der Waals surface area contributed by atoms with E-state index < -0.39 is 7.82 Å². The summed E-state index contributed by atoms with van der Waals surface area (Å²) in [5, 5.41) is 3.27. The van der Waals surface area contributed by atoms with Gasteiger partial charge in [-0.15, -0.1) is 0 Å². The largest absolute Gasteiger partial charge is 0.756 e. The highest BCUT2D eigenvalue weighted by atomic mass is 31.2. The summed E-state index contributed by atoms with van der Waals surface area (Å²) in [6.45, 7) is 14.1. The third-order valence-corrected chi connectivity index (χ3v) is 8.56. The number of hydrogen-bond acceptors (Lipinski definition) is 5. The molecule has 0 bridgehead atoms. The third kappa shape index (κ3) is 21.8. The number of phosphoric ester groups is 1. The number of unbranched alkanes of at least 4 members (excludes halogenated alkanes) is 15. The fourth-order valence-corrected chi connectivity index (χ4v) is 5.38. The summed E-state index contributed by atoms with van der Waals surface area (Å²) < 4.78 is 22.8. The van der Waals surface area contributed by atoms with Crippen molar-refractivity contribution in [2.24, 2.45) is 0 Å². The molecule has 0 aromatic heterocycles. The zero-order valence-electron chi connectivity index (χ0n) is 24.0. The zero-order chi connectivity index (χ0) is 26.1. The molecule has 1 N–H and O–H groups in total. The molecule has 0 saturated heterocycles. The van der Waals surface area contributed by atoms with Crippen LogP contribution in [0.1, 0.15) is 130 Å². The highest BCUT2D eigenvalue weighted by Gasteiger charge is 2.21. The van der Waals surface area contributed by atoms with Crippen molar-refractivity contribution < 1.29 is 23.0 Å². The van der Waals surface area contributed by atoms with Crippen molar-refractivity contribution in [1.82, 2.24) is 5.32 Å². The van der Waals surface area contributed by atoms with Crippen molar-refractivity contribution in [2.75, 3.05) is 52.5 Å². The maximum atomic E-state index is 11.9. The van der Waals surface area contributed by atoms with Gasteiger partial charge >= 0.3 is 0 Å². The first-order chi connectivity index (χ1) is 16.9. The van der Waals surface area contributed by atoms with Gasteiger partial charge in [-0.05, 0) is 33.7 Å². The van der Waals surface area contributed by atoms with Gasteiger partial charge in [-0.1, -0.05) is 103 Å². The number of likely N-dealkylation sites (N-methyl/N-ethyl adjacent to an activating group) is 1. The van der Waals surface area contributed by atoms with Crippen LogP contribution in [0.25, 0.3) is 0 Å². The van der Waals surface area contributed by atoms with Gasteiger partial charge in [0.1, 0.15) is 13.2 Å². The molecule has 0 aliphatic heterocycles. The Bertz CT molecular complexity index is 481. The predicted molar refractivity (Wildman–Crippen MR) is 149 cm³/mol. The number of nitrogens with zero attached hydrogens (tertiary/aromatic N) is 1. The summed E-state index contributed by atoms with van der Waals surface area (Å²) in [6.07, 6.45) is 21.9. The summed E-state index contributed by atoms with van der Waals surface area (Å²) in [6, 6.07) is 0. The summed E-state index contributed by atoms with van der Waals surface area (Å²) in [7, 11) is -4.20. The molecular formula is C28H61N2O4P. The van der Waals surface area contributed by atoms with Crippen LogP contribution < -0.4 is 10.2 Å². The molecule has 0 amide bonds. The lowest BCUT2D eigenvalue weighted by molar-refractivity contribution is -0.923. The van der Waals surface area contributed by atoms with E-state index in [1.54, 1.807) is 0 Å². The number of quaternary nitrogens is 1. The van der Waals surface area contributed by atoms with Gasteiger partial charge in [-0.25, -0.2) is 0 Å². The van der Waals surface area contributed by atoms with E-state index in [4.69, 9.17) is 9.05 Å². The van der Waals surface area contributed by atoms with Crippen molar-refractivity contribution in [3.8, 4) is 0 Å². The fraction of sp³-hybridized carbons (Fsp3) is 1.00. The zero-order valence-corrected chi connectivity index (χ0v) is 24.9. The van der Waals surface area contributed by atoms with Crippen molar-refractivity contribution in [3.05, 3.63) is 0 Å². The summed E-state index contributed by atoms with van der Waals surface area (Å²) in [5.41, 5.74) is 0. The molecule has 0 aliphatic carbocycles. The molecular weight excluding hydrogens is 459 g/mol. The van der Waals surface area contributed by atoms with Gasteiger partial charge in [0.25, 0.3) is 7.82 Å². The van der Waals surface area contributed by atoms with Crippen molar-refractivity contribution in [2.45, 2.75) is 130 Å². The molecule has 0 aliphatic rings. The summed E-state index contributed by atoms with van der Waals surface area (Å²) >= 11 is 0. The second kappa shape index (κ2) is 24.4.